The van der Waals surface area contributed by atoms with Crippen LogP contribution in [0.15, 0.2) is 0 Å². The maximum Gasteiger partial charge on any atom is 0.414 e. The minimum absolute atomic E-state index is 0.473. The highest BCUT2D eigenvalue weighted by Crippen LogP contribution is 2.13. The Morgan fingerprint density at radius 1 is 1.62 bits per heavy atom. The van der Waals surface area contributed by atoms with E-state index < -0.39 is 23.5 Å². The lowest BCUT2D eigenvalue weighted by Gasteiger charge is -2.10. The summed E-state index contributed by atoms with van der Waals surface area (Å²) in [7, 11) is 0. The van der Waals surface area contributed by atoms with Crippen LogP contribution >= 0.6 is 15.9 Å². The second kappa shape index (κ2) is 5.43. The number of halogens is 4. The molecule has 0 aromatic heterocycles. The van der Waals surface area contributed by atoms with E-state index in [1.807, 2.05) is 0 Å². The first-order valence-electron chi connectivity index (χ1n) is 3.49. The van der Waals surface area contributed by atoms with Gasteiger partial charge in [0.25, 0.3) is 5.91 Å². The molecule has 1 N–H and O–H groups in total. The van der Waals surface area contributed by atoms with Gasteiger partial charge in [0.2, 0.25) is 0 Å². The number of hydroxylamine groups is 1. The van der Waals surface area contributed by atoms with Gasteiger partial charge in [-0.25, -0.2) is 5.48 Å². The third kappa shape index (κ3) is 6.83. The summed E-state index contributed by atoms with van der Waals surface area (Å²) in [5.74, 6) is -0.619. The number of amides is 1. The molecule has 7 heteroatoms. The van der Waals surface area contributed by atoms with E-state index in [-0.39, 0.29) is 0 Å². The van der Waals surface area contributed by atoms with Crippen molar-refractivity contribution in [3.8, 4) is 0 Å². The smallest absolute Gasteiger partial charge is 0.272 e. The number of nitrogens with one attached hydrogen (secondary N) is 1. The third-order valence-electron chi connectivity index (χ3n) is 1.05. The van der Waals surface area contributed by atoms with Crippen molar-refractivity contribution in [1.82, 2.24) is 5.48 Å². The van der Waals surface area contributed by atoms with Crippen LogP contribution in [-0.4, -0.2) is 23.5 Å². The summed E-state index contributed by atoms with van der Waals surface area (Å²) in [6.45, 7) is 0.227. The zero-order valence-electron chi connectivity index (χ0n) is 6.82. The summed E-state index contributed by atoms with van der Waals surface area (Å²) in [6, 6.07) is 0. The molecular weight excluding hydrogens is 255 g/mol. The van der Waals surface area contributed by atoms with Crippen LogP contribution < -0.4 is 5.48 Å². The van der Waals surface area contributed by atoms with Gasteiger partial charge < -0.3 is 0 Å². The molecule has 0 aromatic rings. The summed E-state index contributed by atoms with van der Waals surface area (Å²) < 4.78 is 34.5. The Morgan fingerprint density at radius 2 is 2.15 bits per heavy atom. The fourth-order valence-corrected chi connectivity index (χ4v) is 0.532. The topological polar surface area (TPSA) is 38.3 Å². The second-order valence-corrected chi connectivity index (χ2v) is 3.35. The molecular formula is C6H9BrF3NO2. The SMILES string of the molecule is CCC(Br)C(=O)NOCC(F)(F)F. The normalized spacial score (nSPS) is 13.9. The highest BCUT2D eigenvalue weighted by atomic mass is 79.9. The molecule has 3 nitrogen and oxygen atoms in total. The molecule has 0 aromatic carbocycles. The number of hydrogen-bond acceptors (Lipinski definition) is 2. The van der Waals surface area contributed by atoms with Gasteiger partial charge in [0.1, 0.15) is 0 Å². The Hall–Kier alpha value is -0.300. The molecule has 0 radical (unpaired) electrons. The minimum Gasteiger partial charge on any atom is -0.272 e. The first kappa shape index (κ1) is 12.7. The van der Waals surface area contributed by atoms with Gasteiger partial charge in [-0.05, 0) is 6.42 Å². The van der Waals surface area contributed by atoms with E-state index in [1.54, 1.807) is 12.4 Å². The van der Waals surface area contributed by atoms with Gasteiger partial charge in [-0.1, -0.05) is 22.9 Å². The molecule has 1 amide bonds. The Bertz CT molecular complexity index is 174. The quantitative estimate of drug-likeness (QED) is 0.620. The molecule has 0 heterocycles. The van der Waals surface area contributed by atoms with E-state index in [4.69, 9.17) is 0 Å². The third-order valence-corrected chi connectivity index (χ3v) is 2.11. The Labute approximate surface area is 81.7 Å². The highest BCUT2D eigenvalue weighted by molar-refractivity contribution is 9.10. The maximum atomic E-state index is 11.5. The molecule has 0 fully saturated rings. The van der Waals surface area contributed by atoms with Gasteiger partial charge >= 0.3 is 6.18 Å². The van der Waals surface area contributed by atoms with E-state index in [0.29, 0.717) is 6.42 Å². The van der Waals surface area contributed by atoms with Crippen LogP contribution in [0, 0.1) is 0 Å². The summed E-state index contributed by atoms with van der Waals surface area (Å²) in [6.07, 6.45) is -3.96. The first-order valence-corrected chi connectivity index (χ1v) is 4.41. The van der Waals surface area contributed by atoms with Crippen LogP contribution in [0.2, 0.25) is 0 Å². The lowest BCUT2D eigenvalue weighted by molar-refractivity contribution is -0.191. The van der Waals surface area contributed by atoms with Crippen molar-refractivity contribution in [2.75, 3.05) is 6.61 Å². The van der Waals surface area contributed by atoms with Crippen molar-refractivity contribution in [2.45, 2.75) is 24.3 Å². The van der Waals surface area contributed by atoms with Crippen LogP contribution in [-0.2, 0) is 9.63 Å². The van der Waals surface area contributed by atoms with E-state index in [1.165, 1.54) is 0 Å². The molecule has 78 valence electrons. The predicted molar refractivity (Wildman–Crippen MR) is 43.2 cm³/mol. The van der Waals surface area contributed by atoms with E-state index in [9.17, 15) is 18.0 Å². The van der Waals surface area contributed by atoms with Gasteiger partial charge in [-0.15, -0.1) is 0 Å². The molecule has 13 heavy (non-hydrogen) atoms. The zero-order valence-corrected chi connectivity index (χ0v) is 8.41. The van der Waals surface area contributed by atoms with Crippen LogP contribution in [0.1, 0.15) is 13.3 Å². The van der Waals surface area contributed by atoms with Gasteiger partial charge in [0.15, 0.2) is 6.61 Å². The van der Waals surface area contributed by atoms with Crippen LogP contribution in [0.4, 0.5) is 13.2 Å². The number of hydrogen-bond donors (Lipinski definition) is 1. The van der Waals surface area contributed by atoms with E-state index in [0.717, 1.165) is 0 Å². The van der Waals surface area contributed by atoms with Crippen LogP contribution in [0.25, 0.3) is 0 Å². The molecule has 0 aliphatic heterocycles. The minimum atomic E-state index is -4.43. The fraction of sp³-hybridized carbons (Fsp3) is 0.833. The van der Waals surface area contributed by atoms with Crippen LogP contribution in [0.5, 0.6) is 0 Å². The lowest BCUT2D eigenvalue weighted by atomic mass is 10.3. The summed E-state index contributed by atoms with van der Waals surface area (Å²) in [4.78, 5) is 14.2. The molecule has 0 saturated carbocycles. The maximum absolute atomic E-state index is 11.5. The molecule has 1 atom stereocenters. The van der Waals surface area contributed by atoms with Crippen molar-refractivity contribution in [3.05, 3.63) is 0 Å². The molecule has 1 unspecified atom stereocenters. The molecule has 0 rings (SSSR count). The van der Waals surface area contributed by atoms with Crippen molar-refractivity contribution in [2.24, 2.45) is 0 Å². The van der Waals surface area contributed by atoms with Crippen molar-refractivity contribution in [3.63, 3.8) is 0 Å². The number of carbonyl (C=O) groups excluding carboxylic acids is 1. The fourth-order valence-electron chi connectivity index (χ4n) is 0.438. The monoisotopic (exact) mass is 263 g/mol. The average Bonchev–Trinajstić information content (AvgIpc) is 2.00. The molecule has 0 aliphatic rings. The van der Waals surface area contributed by atoms with Crippen molar-refractivity contribution >= 4 is 21.8 Å². The van der Waals surface area contributed by atoms with Gasteiger partial charge in [0, 0.05) is 0 Å². The lowest BCUT2D eigenvalue weighted by Crippen LogP contribution is -2.34. The molecule has 0 saturated heterocycles. The molecule has 0 aliphatic carbocycles. The van der Waals surface area contributed by atoms with Gasteiger partial charge in [-0.2, -0.15) is 13.2 Å². The average molecular weight is 264 g/mol. The van der Waals surface area contributed by atoms with Crippen molar-refractivity contribution < 1.29 is 22.8 Å². The second-order valence-electron chi connectivity index (χ2n) is 2.25. The van der Waals surface area contributed by atoms with Gasteiger partial charge in [0.05, 0.1) is 4.83 Å². The van der Waals surface area contributed by atoms with Crippen LogP contribution in [0.3, 0.4) is 0 Å². The zero-order chi connectivity index (χ0) is 10.5. The number of alkyl halides is 4. The first-order chi connectivity index (χ1) is 5.87. The summed E-state index contributed by atoms with van der Waals surface area (Å²) >= 11 is 2.95. The summed E-state index contributed by atoms with van der Waals surface area (Å²) in [5.41, 5.74) is 1.68. The molecule has 0 spiro atoms. The predicted octanol–water partition coefficient (Wildman–Crippen LogP) is 1.77. The van der Waals surface area contributed by atoms with E-state index in [2.05, 4.69) is 20.8 Å². The van der Waals surface area contributed by atoms with Crippen molar-refractivity contribution in [1.29, 1.82) is 0 Å². The Morgan fingerprint density at radius 3 is 2.54 bits per heavy atom. The standard InChI is InChI=1S/C6H9BrF3NO2/c1-2-4(7)5(12)11-13-3-6(8,9)10/h4H,2-3H2,1H3,(H,11,12). The van der Waals surface area contributed by atoms with Gasteiger partial charge in [-0.3, -0.25) is 9.63 Å². The molecule has 0 bridgehead atoms. The van der Waals surface area contributed by atoms with E-state index >= 15 is 0 Å². The number of carbonyl (C=O) groups is 1. The Kier molecular flexibility index (Phi) is 5.31. The largest absolute Gasteiger partial charge is 0.414 e. The highest BCUT2D eigenvalue weighted by Gasteiger charge is 2.28. The number of rotatable bonds is 4. The summed E-state index contributed by atoms with van der Waals surface area (Å²) in [5, 5.41) is 0. The Balaban J connectivity index is 3.60.